The Balaban J connectivity index is 1.87. The highest BCUT2D eigenvalue weighted by molar-refractivity contribution is 7.09. The molecule has 1 N–H and O–H groups in total. The molecule has 2 rings (SSSR count). The number of hydrogen-bond acceptors (Lipinski definition) is 4. The standard InChI is InChI=1S/C18H27N3S/c1-17(2,3)13-18(4,5)20-11-9-16-21-15(12-22-16)14-8-6-7-10-19-14/h6-8,10,12,20H,9,11,13H2,1-5H3. The van der Waals surface area contributed by atoms with Crippen LogP contribution in [0.3, 0.4) is 0 Å². The van der Waals surface area contributed by atoms with Crippen LogP contribution in [-0.2, 0) is 6.42 Å². The molecule has 0 saturated carbocycles. The van der Waals surface area contributed by atoms with Gasteiger partial charge in [0, 0.05) is 30.1 Å². The topological polar surface area (TPSA) is 37.8 Å². The lowest BCUT2D eigenvalue weighted by atomic mass is 9.82. The smallest absolute Gasteiger partial charge is 0.0998 e. The molecule has 22 heavy (non-hydrogen) atoms. The van der Waals surface area contributed by atoms with Gasteiger partial charge in [-0.05, 0) is 37.8 Å². The molecule has 0 aliphatic heterocycles. The number of nitrogens with one attached hydrogen (secondary N) is 1. The van der Waals surface area contributed by atoms with Gasteiger partial charge >= 0.3 is 0 Å². The lowest BCUT2D eigenvalue weighted by molar-refractivity contribution is 0.243. The fraction of sp³-hybridized carbons (Fsp3) is 0.556. The second kappa shape index (κ2) is 6.88. The summed E-state index contributed by atoms with van der Waals surface area (Å²) >= 11 is 1.72. The molecule has 0 spiro atoms. The van der Waals surface area contributed by atoms with Gasteiger partial charge in [0.25, 0.3) is 0 Å². The molecule has 0 amide bonds. The number of rotatable bonds is 6. The fourth-order valence-electron chi connectivity index (χ4n) is 2.95. The van der Waals surface area contributed by atoms with Gasteiger partial charge in [0.1, 0.15) is 0 Å². The third kappa shape index (κ3) is 5.50. The first kappa shape index (κ1) is 17.1. The first-order valence-electron chi connectivity index (χ1n) is 7.86. The normalized spacial score (nSPS) is 12.6. The van der Waals surface area contributed by atoms with E-state index in [1.165, 1.54) is 5.01 Å². The first-order chi connectivity index (χ1) is 10.3. The summed E-state index contributed by atoms with van der Waals surface area (Å²) in [5, 5.41) is 6.93. The zero-order valence-corrected chi connectivity index (χ0v) is 15.1. The van der Waals surface area contributed by atoms with Crippen molar-refractivity contribution >= 4 is 11.3 Å². The zero-order chi connectivity index (χ0) is 16.2. The third-order valence-electron chi connectivity index (χ3n) is 3.39. The third-order valence-corrected chi connectivity index (χ3v) is 4.30. The van der Waals surface area contributed by atoms with Crippen LogP contribution in [0.4, 0.5) is 0 Å². The van der Waals surface area contributed by atoms with E-state index in [1.807, 2.05) is 24.4 Å². The number of nitrogens with zero attached hydrogens (tertiary/aromatic N) is 2. The Morgan fingerprint density at radius 1 is 1.09 bits per heavy atom. The van der Waals surface area contributed by atoms with Crippen LogP contribution in [0, 0.1) is 5.41 Å². The Morgan fingerprint density at radius 2 is 1.86 bits per heavy atom. The summed E-state index contributed by atoms with van der Waals surface area (Å²) in [5.41, 5.74) is 2.42. The minimum Gasteiger partial charge on any atom is -0.311 e. The number of hydrogen-bond donors (Lipinski definition) is 1. The summed E-state index contributed by atoms with van der Waals surface area (Å²) in [5.74, 6) is 0. The average molecular weight is 318 g/mol. The monoisotopic (exact) mass is 317 g/mol. The van der Waals surface area contributed by atoms with E-state index in [0.717, 1.165) is 30.8 Å². The second-order valence-electron chi connectivity index (χ2n) is 7.64. The van der Waals surface area contributed by atoms with Gasteiger partial charge in [0.15, 0.2) is 0 Å². The summed E-state index contributed by atoms with van der Waals surface area (Å²) in [6, 6.07) is 5.93. The highest BCUT2D eigenvalue weighted by Crippen LogP contribution is 2.27. The minimum absolute atomic E-state index is 0.152. The van der Waals surface area contributed by atoms with Crippen LogP contribution >= 0.6 is 11.3 Å². The van der Waals surface area contributed by atoms with E-state index in [1.54, 1.807) is 11.3 Å². The summed E-state index contributed by atoms with van der Waals surface area (Å²) < 4.78 is 0. The predicted molar refractivity (Wildman–Crippen MR) is 95.2 cm³/mol. The summed E-state index contributed by atoms with van der Waals surface area (Å²) in [4.78, 5) is 9.04. The molecule has 0 saturated heterocycles. The molecular formula is C18H27N3S. The van der Waals surface area contributed by atoms with Crippen molar-refractivity contribution in [3.63, 3.8) is 0 Å². The molecule has 0 aliphatic rings. The van der Waals surface area contributed by atoms with Crippen molar-refractivity contribution in [2.45, 2.75) is 53.0 Å². The van der Waals surface area contributed by atoms with Crippen LogP contribution in [0.15, 0.2) is 29.8 Å². The molecule has 0 aromatic carbocycles. The van der Waals surface area contributed by atoms with E-state index in [9.17, 15) is 0 Å². The van der Waals surface area contributed by atoms with Crippen molar-refractivity contribution in [3.8, 4) is 11.4 Å². The number of aromatic nitrogens is 2. The summed E-state index contributed by atoms with van der Waals surface area (Å²) in [6.07, 6.45) is 3.92. The van der Waals surface area contributed by atoms with Crippen molar-refractivity contribution < 1.29 is 0 Å². The van der Waals surface area contributed by atoms with Crippen LogP contribution in [-0.4, -0.2) is 22.1 Å². The summed E-state index contributed by atoms with van der Waals surface area (Å²) in [6.45, 7) is 12.4. The lowest BCUT2D eigenvalue weighted by Gasteiger charge is -2.33. The van der Waals surface area contributed by atoms with Gasteiger partial charge in [-0.3, -0.25) is 4.98 Å². The molecule has 2 heterocycles. The molecule has 4 heteroatoms. The maximum Gasteiger partial charge on any atom is 0.0998 e. The lowest BCUT2D eigenvalue weighted by Crippen LogP contribution is -2.43. The molecule has 2 aromatic rings. The van der Waals surface area contributed by atoms with Crippen molar-refractivity contribution in [3.05, 3.63) is 34.8 Å². The maximum absolute atomic E-state index is 4.69. The van der Waals surface area contributed by atoms with Crippen molar-refractivity contribution in [1.29, 1.82) is 0 Å². The van der Waals surface area contributed by atoms with Gasteiger partial charge in [0.05, 0.1) is 16.4 Å². The first-order valence-corrected chi connectivity index (χ1v) is 8.74. The van der Waals surface area contributed by atoms with Gasteiger partial charge in [0.2, 0.25) is 0 Å². The Hall–Kier alpha value is -1.26. The predicted octanol–water partition coefficient (Wildman–Crippen LogP) is 4.55. The average Bonchev–Trinajstić information content (AvgIpc) is 2.85. The fourth-order valence-corrected chi connectivity index (χ4v) is 3.75. The highest BCUT2D eigenvalue weighted by atomic mass is 32.1. The van der Waals surface area contributed by atoms with Gasteiger partial charge in [-0.2, -0.15) is 0 Å². The van der Waals surface area contributed by atoms with E-state index in [2.05, 4.69) is 50.3 Å². The Kier molecular flexibility index (Phi) is 5.35. The zero-order valence-electron chi connectivity index (χ0n) is 14.3. The highest BCUT2D eigenvalue weighted by Gasteiger charge is 2.24. The Bertz CT molecular complexity index is 582. The second-order valence-corrected chi connectivity index (χ2v) is 8.58. The molecule has 0 atom stereocenters. The molecule has 3 nitrogen and oxygen atoms in total. The van der Waals surface area contributed by atoms with E-state index >= 15 is 0 Å². The molecule has 0 fully saturated rings. The Morgan fingerprint density at radius 3 is 2.50 bits per heavy atom. The minimum atomic E-state index is 0.152. The molecule has 120 valence electrons. The van der Waals surface area contributed by atoms with Crippen LogP contribution < -0.4 is 5.32 Å². The molecule has 0 bridgehead atoms. The van der Waals surface area contributed by atoms with E-state index in [4.69, 9.17) is 4.98 Å². The molecular weight excluding hydrogens is 290 g/mol. The van der Waals surface area contributed by atoms with Crippen LogP contribution in [0.2, 0.25) is 0 Å². The van der Waals surface area contributed by atoms with E-state index in [0.29, 0.717) is 5.41 Å². The largest absolute Gasteiger partial charge is 0.311 e. The van der Waals surface area contributed by atoms with Crippen LogP contribution in [0.25, 0.3) is 11.4 Å². The quantitative estimate of drug-likeness (QED) is 0.849. The van der Waals surface area contributed by atoms with E-state index in [-0.39, 0.29) is 5.54 Å². The SMILES string of the molecule is CC(C)(C)CC(C)(C)NCCc1nc(-c2ccccn2)cs1. The Labute approximate surface area is 138 Å². The molecule has 0 unspecified atom stereocenters. The van der Waals surface area contributed by atoms with Crippen molar-refractivity contribution in [2.24, 2.45) is 5.41 Å². The van der Waals surface area contributed by atoms with Gasteiger partial charge in [-0.15, -0.1) is 11.3 Å². The number of pyridine rings is 1. The maximum atomic E-state index is 4.69. The number of thiazole rings is 1. The van der Waals surface area contributed by atoms with Crippen molar-refractivity contribution in [1.82, 2.24) is 15.3 Å². The molecule has 0 radical (unpaired) electrons. The summed E-state index contributed by atoms with van der Waals surface area (Å²) in [7, 11) is 0. The molecule has 2 aromatic heterocycles. The van der Waals surface area contributed by atoms with Gasteiger partial charge in [-0.25, -0.2) is 4.98 Å². The molecule has 0 aliphatic carbocycles. The van der Waals surface area contributed by atoms with Crippen molar-refractivity contribution in [2.75, 3.05) is 6.54 Å². The van der Waals surface area contributed by atoms with Gasteiger partial charge < -0.3 is 5.32 Å². The van der Waals surface area contributed by atoms with E-state index < -0.39 is 0 Å². The van der Waals surface area contributed by atoms with Gasteiger partial charge in [-0.1, -0.05) is 26.8 Å². The van der Waals surface area contributed by atoms with Crippen LogP contribution in [0.1, 0.15) is 46.0 Å². The van der Waals surface area contributed by atoms with Crippen LogP contribution in [0.5, 0.6) is 0 Å².